The first kappa shape index (κ1) is 13.3. The van der Waals surface area contributed by atoms with Crippen molar-refractivity contribution in [1.82, 2.24) is 0 Å². The van der Waals surface area contributed by atoms with Crippen LogP contribution in [0.4, 0.5) is 0 Å². The molecule has 0 aliphatic carbocycles. The number of benzene rings is 2. The standard InChI is InChI=1S/C18H18OS/c1-12-7-13(2)9-14(8-12)17(19)10-15-11-20-18-6-4-3-5-16(15)18/h3-9,11,17,19H,10H2,1-2H3. The molecule has 2 aromatic carbocycles. The molecule has 3 rings (SSSR count). The molecule has 2 heteroatoms. The second-order valence-corrected chi connectivity index (χ2v) is 6.31. The normalized spacial score (nSPS) is 12.8. The van der Waals surface area contributed by atoms with Crippen LogP contribution >= 0.6 is 11.3 Å². The molecular weight excluding hydrogens is 264 g/mol. The van der Waals surface area contributed by atoms with Crippen LogP contribution in [0.1, 0.15) is 28.4 Å². The van der Waals surface area contributed by atoms with E-state index in [9.17, 15) is 5.11 Å². The molecule has 1 aromatic heterocycles. The van der Waals surface area contributed by atoms with Crippen molar-refractivity contribution in [3.8, 4) is 0 Å². The molecule has 20 heavy (non-hydrogen) atoms. The van der Waals surface area contributed by atoms with E-state index in [1.54, 1.807) is 11.3 Å². The van der Waals surface area contributed by atoms with Gasteiger partial charge in [-0.1, -0.05) is 47.5 Å². The second-order valence-electron chi connectivity index (χ2n) is 5.40. The maximum Gasteiger partial charge on any atom is 0.0831 e. The Bertz CT molecular complexity index is 722. The highest BCUT2D eigenvalue weighted by molar-refractivity contribution is 7.17. The summed E-state index contributed by atoms with van der Waals surface area (Å²) < 4.78 is 1.29. The summed E-state index contributed by atoms with van der Waals surface area (Å²) in [4.78, 5) is 0. The van der Waals surface area contributed by atoms with Crippen LogP contribution in [0.25, 0.3) is 10.1 Å². The van der Waals surface area contributed by atoms with Crippen LogP contribution in [0.5, 0.6) is 0 Å². The third-order valence-corrected chi connectivity index (χ3v) is 4.62. The van der Waals surface area contributed by atoms with E-state index in [0.717, 1.165) is 5.56 Å². The van der Waals surface area contributed by atoms with Crippen molar-refractivity contribution < 1.29 is 5.11 Å². The first-order valence-corrected chi connectivity index (χ1v) is 7.73. The van der Waals surface area contributed by atoms with Gasteiger partial charge in [-0.2, -0.15) is 0 Å². The lowest BCUT2D eigenvalue weighted by Crippen LogP contribution is -2.02. The number of fused-ring (bicyclic) bond motifs is 1. The smallest absolute Gasteiger partial charge is 0.0831 e. The summed E-state index contributed by atoms with van der Waals surface area (Å²) in [5.74, 6) is 0. The molecule has 1 atom stereocenters. The highest BCUT2D eigenvalue weighted by Crippen LogP contribution is 2.29. The minimum absolute atomic E-state index is 0.438. The molecule has 102 valence electrons. The van der Waals surface area contributed by atoms with E-state index in [1.165, 1.54) is 26.8 Å². The molecule has 0 radical (unpaired) electrons. The molecule has 1 nitrogen and oxygen atoms in total. The molecule has 3 aromatic rings. The van der Waals surface area contributed by atoms with E-state index in [2.05, 4.69) is 61.7 Å². The van der Waals surface area contributed by atoms with Gasteiger partial charge in [0.05, 0.1) is 6.10 Å². The fourth-order valence-corrected chi connectivity index (χ4v) is 3.69. The zero-order valence-corrected chi connectivity index (χ0v) is 12.6. The summed E-state index contributed by atoms with van der Waals surface area (Å²) in [6, 6.07) is 14.7. The molecule has 1 N–H and O–H groups in total. The molecule has 1 unspecified atom stereocenters. The predicted molar refractivity (Wildman–Crippen MR) is 86.4 cm³/mol. The van der Waals surface area contributed by atoms with Gasteiger partial charge in [0.15, 0.2) is 0 Å². The SMILES string of the molecule is Cc1cc(C)cc(C(O)Cc2csc3ccccc23)c1. The van der Waals surface area contributed by atoms with Crippen LogP contribution in [-0.4, -0.2) is 5.11 Å². The Morgan fingerprint density at radius 3 is 2.50 bits per heavy atom. The van der Waals surface area contributed by atoms with E-state index >= 15 is 0 Å². The maximum absolute atomic E-state index is 10.5. The molecule has 0 amide bonds. The minimum Gasteiger partial charge on any atom is -0.388 e. The molecule has 0 fully saturated rings. The van der Waals surface area contributed by atoms with Crippen LogP contribution in [0, 0.1) is 13.8 Å². The first-order chi connectivity index (χ1) is 9.63. The van der Waals surface area contributed by atoms with Crippen LogP contribution < -0.4 is 0 Å². The van der Waals surface area contributed by atoms with Crippen molar-refractivity contribution in [3.05, 3.63) is 70.1 Å². The molecule has 0 saturated heterocycles. The van der Waals surface area contributed by atoms with Crippen molar-refractivity contribution >= 4 is 21.4 Å². The van der Waals surface area contributed by atoms with Gasteiger partial charge in [0.25, 0.3) is 0 Å². The Labute approximate surface area is 123 Å². The molecule has 0 spiro atoms. The van der Waals surface area contributed by atoms with Gasteiger partial charge in [-0.25, -0.2) is 0 Å². The number of aliphatic hydroxyl groups excluding tert-OH is 1. The van der Waals surface area contributed by atoms with Gasteiger partial charge in [0, 0.05) is 11.1 Å². The van der Waals surface area contributed by atoms with Gasteiger partial charge in [0.2, 0.25) is 0 Å². The van der Waals surface area contributed by atoms with E-state index in [4.69, 9.17) is 0 Å². The highest BCUT2D eigenvalue weighted by Gasteiger charge is 2.12. The van der Waals surface area contributed by atoms with Gasteiger partial charge < -0.3 is 5.11 Å². The average Bonchev–Trinajstić information content (AvgIpc) is 2.81. The van der Waals surface area contributed by atoms with Crippen molar-refractivity contribution in [2.75, 3.05) is 0 Å². The largest absolute Gasteiger partial charge is 0.388 e. The van der Waals surface area contributed by atoms with Gasteiger partial charge in [-0.15, -0.1) is 11.3 Å². The predicted octanol–water partition coefficient (Wildman–Crippen LogP) is 4.79. The number of hydrogen-bond donors (Lipinski definition) is 1. The van der Waals surface area contributed by atoms with Gasteiger partial charge in [0.1, 0.15) is 0 Å². The molecule has 1 heterocycles. The number of aryl methyl sites for hydroxylation is 2. The van der Waals surface area contributed by atoms with Crippen LogP contribution in [-0.2, 0) is 6.42 Å². The van der Waals surface area contributed by atoms with E-state index in [1.807, 2.05) is 0 Å². The van der Waals surface area contributed by atoms with Crippen LogP contribution in [0.2, 0.25) is 0 Å². The molecule has 0 saturated carbocycles. The Balaban J connectivity index is 1.90. The Morgan fingerprint density at radius 2 is 1.75 bits per heavy atom. The lowest BCUT2D eigenvalue weighted by Gasteiger charge is -2.12. The zero-order valence-electron chi connectivity index (χ0n) is 11.8. The van der Waals surface area contributed by atoms with Crippen molar-refractivity contribution in [1.29, 1.82) is 0 Å². The van der Waals surface area contributed by atoms with E-state index in [-0.39, 0.29) is 0 Å². The number of rotatable bonds is 3. The lowest BCUT2D eigenvalue weighted by molar-refractivity contribution is 0.179. The topological polar surface area (TPSA) is 20.2 Å². The molecule has 0 aliphatic rings. The average molecular weight is 282 g/mol. The van der Waals surface area contributed by atoms with Gasteiger partial charge >= 0.3 is 0 Å². The van der Waals surface area contributed by atoms with Gasteiger partial charge in [-0.05, 0) is 41.8 Å². The van der Waals surface area contributed by atoms with E-state index < -0.39 is 6.10 Å². The number of thiophene rings is 1. The Kier molecular flexibility index (Phi) is 3.60. The third-order valence-electron chi connectivity index (χ3n) is 3.60. The molecule has 0 aliphatic heterocycles. The summed E-state index contributed by atoms with van der Waals surface area (Å²) >= 11 is 1.75. The van der Waals surface area contributed by atoms with Crippen molar-refractivity contribution in [2.45, 2.75) is 26.4 Å². The van der Waals surface area contributed by atoms with Crippen LogP contribution in [0.15, 0.2) is 47.8 Å². The molecular formula is C18H18OS. The fraction of sp³-hybridized carbons (Fsp3) is 0.222. The number of hydrogen-bond acceptors (Lipinski definition) is 2. The second kappa shape index (κ2) is 5.39. The van der Waals surface area contributed by atoms with Gasteiger partial charge in [-0.3, -0.25) is 0 Å². The van der Waals surface area contributed by atoms with E-state index in [0.29, 0.717) is 6.42 Å². The summed E-state index contributed by atoms with van der Waals surface area (Å²) in [7, 11) is 0. The maximum atomic E-state index is 10.5. The zero-order chi connectivity index (χ0) is 14.1. The Morgan fingerprint density at radius 1 is 1.05 bits per heavy atom. The van der Waals surface area contributed by atoms with Crippen molar-refractivity contribution in [3.63, 3.8) is 0 Å². The first-order valence-electron chi connectivity index (χ1n) is 6.85. The fourth-order valence-electron chi connectivity index (χ4n) is 2.72. The molecule has 0 bridgehead atoms. The quantitative estimate of drug-likeness (QED) is 0.732. The highest BCUT2D eigenvalue weighted by atomic mass is 32.1. The minimum atomic E-state index is -0.438. The summed E-state index contributed by atoms with van der Waals surface area (Å²) in [6.45, 7) is 4.15. The summed E-state index contributed by atoms with van der Waals surface area (Å²) in [6.07, 6.45) is 0.235. The Hall–Kier alpha value is -1.64. The van der Waals surface area contributed by atoms with Crippen molar-refractivity contribution in [2.24, 2.45) is 0 Å². The summed E-state index contributed by atoms with van der Waals surface area (Å²) in [5.41, 5.74) is 4.65. The third kappa shape index (κ3) is 2.62. The number of aliphatic hydroxyl groups is 1. The van der Waals surface area contributed by atoms with Crippen LogP contribution in [0.3, 0.4) is 0 Å². The monoisotopic (exact) mass is 282 g/mol. The summed E-state index contributed by atoms with van der Waals surface area (Å²) in [5, 5.41) is 13.9. The lowest BCUT2D eigenvalue weighted by atomic mass is 9.98.